The van der Waals surface area contributed by atoms with Crippen molar-refractivity contribution in [2.45, 2.75) is 45.1 Å². The van der Waals surface area contributed by atoms with Gasteiger partial charge in [-0.05, 0) is 49.8 Å². The molecule has 1 atom stereocenters. The van der Waals surface area contributed by atoms with Crippen molar-refractivity contribution in [2.75, 3.05) is 31.6 Å². The van der Waals surface area contributed by atoms with Crippen LogP contribution < -0.4 is 5.32 Å². The maximum absolute atomic E-state index is 11.4. The Kier molecular flexibility index (Phi) is 6.92. The molecule has 5 nitrogen and oxygen atoms in total. The molecule has 6 heteroatoms. The lowest BCUT2D eigenvalue weighted by Crippen LogP contribution is -2.30. The molecule has 1 aromatic heterocycles. The molecule has 2 aliphatic rings. The highest BCUT2D eigenvalue weighted by atomic mass is 35.5. The van der Waals surface area contributed by atoms with Gasteiger partial charge in [0.25, 0.3) is 0 Å². The van der Waals surface area contributed by atoms with E-state index in [9.17, 15) is 4.79 Å². The molecule has 1 aliphatic carbocycles. The van der Waals surface area contributed by atoms with Crippen molar-refractivity contribution in [3.63, 3.8) is 0 Å². The van der Waals surface area contributed by atoms with E-state index >= 15 is 0 Å². The summed E-state index contributed by atoms with van der Waals surface area (Å²) in [7, 11) is 0. The number of carbonyl (C=O) groups is 1. The van der Waals surface area contributed by atoms with Crippen molar-refractivity contribution in [2.24, 2.45) is 5.92 Å². The average Bonchev–Trinajstić information content (AvgIpc) is 3.28. The maximum Gasteiger partial charge on any atom is 0.330 e. The Morgan fingerprint density at radius 1 is 1.42 bits per heavy atom. The van der Waals surface area contributed by atoms with Crippen molar-refractivity contribution in [1.29, 1.82) is 0 Å². The topological polar surface area (TPSA) is 54.5 Å². The first kappa shape index (κ1) is 19.2. The molecule has 0 unspecified atom stereocenters. The maximum atomic E-state index is 11.4. The molecular weight excluding hydrogens is 350 g/mol. The zero-order valence-corrected chi connectivity index (χ0v) is 16.2. The van der Waals surface area contributed by atoms with E-state index in [4.69, 9.17) is 16.3 Å². The molecule has 1 N–H and O–H groups in total. The molecule has 1 saturated carbocycles. The quantitative estimate of drug-likeness (QED) is 0.575. The zero-order valence-electron chi connectivity index (χ0n) is 15.4. The number of pyridine rings is 1. The van der Waals surface area contributed by atoms with E-state index in [2.05, 4.69) is 15.2 Å². The predicted octanol–water partition coefficient (Wildman–Crippen LogP) is 3.99. The van der Waals surface area contributed by atoms with E-state index < -0.39 is 0 Å². The smallest absolute Gasteiger partial charge is 0.330 e. The Bertz CT molecular complexity index is 644. The van der Waals surface area contributed by atoms with E-state index in [0.29, 0.717) is 23.5 Å². The largest absolute Gasteiger partial charge is 0.463 e. The minimum absolute atomic E-state index is 0.362. The summed E-state index contributed by atoms with van der Waals surface area (Å²) in [6, 6.07) is 2.21. The number of carbonyl (C=O) groups excluding carboxylic acids is 1. The number of likely N-dealkylation sites (tertiary alicyclic amines) is 1. The fraction of sp³-hybridized carbons (Fsp3) is 0.600. The van der Waals surface area contributed by atoms with Crippen molar-refractivity contribution in [3.05, 3.63) is 28.9 Å². The molecule has 0 amide bonds. The normalized spacial score (nSPS) is 21.5. The third-order valence-corrected chi connectivity index (χ3v) is 5.45. The molecule has 0 radical (unpaired) electrons. The average molecular weight is 378 g/mol. The summed E-state index contributed by atoms with van der Waals surface area (Å²) in [6.45, 7) is 5.58. The first-order chi connectivity index (χ1) is 12.6. The van der Waals surface area contributed by atoms with Crippen molar-refractivity contribution in [3.8, 4) is 0 Å². The predicted molar refractivity (Wildman–Crippen MR) is 105 cm³/mol. The fourth-order valence-electron chi connectivity index (χ4n) is 3.87. The van der Waals surface area contributed by atoms with E-state index in [1.54, 1.807) is 19.2 Å². The van der Waals surface area contributed by atoms with Gasteiger partial charge in [0.2, 0.25) is 0 Å². The van der Waals surface area contributed by atoms with Gasteiger partial charge >= 0.3 is 5.97 Å². The highest BCUT2D eigenvalue weighted by Gasteiger charge is 2.26. The number of anilines is 1. The van der Waals surface area contributed by atoms with E-state index in [1.807, 2.05) is 6.07 Å². The van der Waals surface area contributed by atoms with Crippen molar-refractivity contribution < 1.29 is 9.53 Å². The molecule has 1 aliphatic heterocycles. The highest BCUT2D eigenvalue weighted by molar-refractivity contribution is 6.33. The summed E-state index contributed by atoms with van der Waals surface area (Å²) in [5, 5.41) is 4.05. The Hall–Kier alpha value is -1.59. The monoisotopic (exact) mass is 377 g/mol. The SMILES string of the molecule is CCOC(=O)/C=C/c1cnc(N[C@@H]2CCN(CC3CCCC3)C2)c(Cl)c1. The van der Waals surface area contributed by atoms with E-state index in [0.717, 1.165) is 31.0 Å². The Morgan fingerprint density at radius 2 is 2.23 bits per heavy atom. The second-order valence-corrected chi connectivity index (χ2v) is 7.63. The van der Waals surface area contributed by atoms with E-state index in [-0.39, 0.29) is 5.97 Å². The number of rotatable bonds is 7. The summed E-state index contributed by atoms with van der Waals surface area (Å²) < 4.78 is 4.87. The second kappa shape index (κ2) is 9.38. The number of nitrogens with zero attached hydrogens (tertiary/aromatic N) is 2. The molecule has 26 heavy (non-hydrogen) atoms. The Balaban J connectivity index is 1.51. The summed E-state index contributed by atoms with van der Waals surface area (Å²) in [4.78, 5) is 18.4. The van der Waals surface area contributed by atoms with Crippen LogP contribution in [-0.4, -0.2) is 48.1 Å². The van der Waals surface area contributed by atoms with Crippen LogP contribution in [0.25, 0.3) is 6.08 Å². The van der Waals surface area contributed by atoms with Crippen LogP contribution in [0.1, 0.15) is 44.6 Å². The molecule has 1 saturated heterocycles. The number of esters is 1. The molecule has 142 valence electrons. The van der Waals surface area contributed by atoms with Gasteiger partial charge in [-0.25, -0.2) is 9.78 Å². The lowest BCUT2D eigenvalue weighted by molar-refractivity contribution is -0.137. The first-order valence-electron chi connectivity index (χ1n) is 9.63. The number of halogens is 1. The van der Waals surface area contributed by atoms with Crippen LogP contribution in [0.5, 0.6) is 0 Å². The minimum Gasteiger partial charge on any atom is -0.463 e. The third kappa shape index (κ3) is 5.45. The minimum atomic E-state index is -0.362. The summed E-state index contributed by atoms with van der Waals surface area (Å²) >= 11 is 6.37. The number of aromatic nitrogens is 1. The van der Waals surface area contributed by atoms with Gasteiger partial charge in [-0.2, -0.15) is 0 Å². The van der Waals surface area contributed by atoms with Gasteiger partial charge in [0.15, 0.2) is 0 Å². The molecule has 0 bridgehead atoms. The summed E-state index contributed by atoms with van der Waals surface area (Å²) in [6.07, 6.45) is 11.5. The molecule has 0 aromatic carbocycles. The van der Waals surface area contributed by atoms with Gasteiger partial charge in [-0.1, -0.05) is 24.4 Å². The van der Waals surface area contributed by atoms with Gasteiger partial charge < -0.3 is 15.0 Å². The Morgan fingerprint density at radius 3 is 2.96 bits per heavy atom. The molecule has 0 spiro atoms. The van der Waals surface area contributed by atoms with Gasteiger partial charge in [0.1, 0.15) is 5.82 Å². The number of hydrogen-bond acceptors (Lipinski definition) is 5. The van der Waals surface area contributed by atoms with Gasteiger partial charge in [0, 0.05) is 37.9 Å². The number of hydrogen-bond donors (Lipinski definition) is 1. The Labute approximate surface area is 160 Å². The van der Waals surface area contributed by atoms with E-state index in [1.165, 1.54) is 38.3 Å². The number of nitrogens with one attached hydrogen (secondary N) is 1. The van der Waals surface area contributed by atoms with Gasteiger partial charge in [-0.3, -0.25) is 0 Å². The van der Waals surface area contributed by atoms with Crippen molar-refractivity contribution in [1.82, 2.24) is 9.88 Å². The van der Waals surface area contributed by atoms with Gasteiger partial charge in [-0.15, -0.1) is 0 Å². The molecular formula is C20H28ClN3O2. The standard InChI is InChI=1S/C20H28ClN3O2/c1-2-26-19(25)8-7-16-11-18(21)20(22-12-16)23-17-9-10-24(14-17)13-15-5-3-4-6-15/h7-8,11-12,15,17H,2-6,9-10,13-14H2,1H3,(H,22,23)/b8-7+/t17-/m1/s1. The molecule has 2 fully saturated rings. The van der Waals surface area contributed by atoms with Crippen LogP contribution in [0, 0.1) is 5.92 Å². The second-order valence-electron chi connectivity index (χ2n) is 7.22. The lowest BCUT2D eigenvalue weighted by atomic mass is 10.1. The van der Waals surface area contributed by atoms with Crippen LogP contribution in [0.3, 0.4) is 0 Å². The van der Waals surface area contributed by atoms with Gasteiger partial charge in [0.05, 0.1) is 11.6 Å². The zero-order chi connectivity index (χ0) is 18.4. The first-order valence-corrected chi connectivity index (χ1v) is 10.0. The molecule has 2 heterocycles. The summed E-state index contributed by atoms with van der Waals surface area (Å²) in [5.41, 5.74) is 0.780. The van der Waals surface area contributed by atoms with Crippen molar-refractivity contribution >= 4 is 29.5 Å². The lowest BCUT2D eigenvalue weighted by Gasteiger charge is -2.20. The third-order valence-electron chi connectivity index (χ3n) is 5.17. The van der Waals surface area contributed by atoms with Crippen LogP contribution in [0.4, 0.5) is 5.82 Å². The van der Waals surface area contributed by atoms with Crippen LogP contribution in [-0.2, 0) is 9.53 Å². The van der Waals surface area contributed by atoms with Crippen LogP contribution in [0.15, 0.2) is 18.3 Å². The fourth-order valence-corrected chi connectivity index (χ4v) is 4.10. The van der Waals surface area contributed by atoms with Crippen LogP contribution in [0.2, 0.25) is 5.02 Å². The number of ether oxygens (including phenoxy) is 1. The molecule has 1 aromatic rings. The highest BCUT2D eigenvalue weighted by Crippen LogP contribution is 2.28. The van der Waals surface area contributed by atoms with Crippen LogP contribution >= 0.6 is 11.6 Å². The molecule has 3 rings (SSSR count). The summed E-state index contributed by atoms with van der Waals surface area (Å²) in [5.74, 6) is 1.24.